The van der Waals surface area contributed by atoms with E-state index in [0.29, 0.717) is 6.42 Å². The smallest absolute Gasteiger partial charge is 0.0622 e. The molecule has 0 aliphatic carbocycles. The maximum absolute atomic E-state index is 8.62. The minimum atomic E-state index is 0.609. The summed E-state index contributed by atoms with van der Waals surface area (Å²) in [6.45, 7) is 3.34. The highest BCUT2D eigenvalue weighted by molar-refractivity contribution is 5.80. The molecule has 1 aromatic carbocycles. The van der Waals surface area contributed by atoms with E-state index in [1.165, 1.54) is 16.5 Å². The fourth-order valence-electron chi connectivity index (χ4n) is 2.27. The summed E-state index contributed by atoms with van der Waals surface area (Å²) >= 11 is 0. The SMILES string of the molecule is COCCNCc1ccc2ccn(CCCC#N)c2c1. The lowest BCUT2D eigenvalue weighted by atomic mass is 10.1. The van der Waals surface area contributed by atoms with E-state index in [9.17, 15) is 0 Å². The third kappa shape index (κ3) is 3.83. The molecule has 0 unspecified atom stereocenters. The molecule has 2 aromatic rings. The third-order valence-electron chi connectivity index (χ3n) is 3.34. The van der Waals surface area contributed by atoms with E-state index in [4.69, 9.17) is 10.00 Å². The molecule has 2 rings (SSSR count). The molecule has 1 N–H and O–H groups in total. The number of nitriles is 1. The molecular formula is C16H21N3O. The fourth-order valence-corrected chi connectivity index (χ4v) is 2.27. The largest absolute Gasteiger partial charge is 0.383 e. The molecule has 0 atom stereocenters. The summed E-state index contributed by atoms with van der Waals surface area (Å²) < 4.78 is 7.25. The van der Waals surface area contributed by atoms with Crippen molar-refractivity contribution in [1.29, 1.82) is 5.26 Å². The fraction of sp³-hybridized carbons (Fsp3) is 0.438. The van der Waals surface area contributed by atoms with Gasteiger partial charge in [0.2, 0.25) is 0 Å². The molecule has 0 aliphatic heterocycles. The predicted molar refractivity (Wildman–Crippen MR) is 80.4 cm³/mol. The number of nitrogens with zero attached hydrogens (tertiary/aromatic N) is 2. The molecule has 0 radical (unpaired) electrons. The van der Waals surface area contributed by atoms with Crippen molar-refractivity contribution in [3.63, 3.8) is 0 Å². The van der Waals surface area contributed by atoms with Crippen LogP contribution in [0.15, 0.2) is 30.5 Å². The molecular weight excluding hydrogens is 250 g/mol. The van der Waals surface area contributed by atoms with E-state index in [1.54, 1.807) is 7.11 Å². The number of hydrogen-bond acceptors (Lipinski definition) is 3. The molecule has 0 saturated carbocycles. The van der Waals surface area contributed by atoms with Crippen molar-refractivity contribution in [3.05, 3.63) is 36.0 Å². The molecule has 0 saturated heterocycles. The van der Waals surface area contributed by atoms with Crippen LogP contribution in [0.2, 0.25) is 0 Å². The Bertz CT molecular complexity index is 583. The minimum Gasteiger partial charge on any atom is -0.383 e. The van der Waals surface area contributed by atoms with Gasteiger partial charge in [-0.1, -0.05) is 12.1 Å². The number of ether oxygens (including phenoxy) is 1. The van der Waals surface area contributed by atoms with Gasteiger partial charge < -0.3 is 14.6 Å². The van der Waals surface area contributed by atoms with Gasteiger partial charge in [-0.05, 0) is 29.5 Å². The maximum atomic E-state index is 8.62. The molecule has 0 aliphatic rings. The summed E-state index contributed by atoms with van der Waals surface area (Å²) in [4.78, 5) is 0. The second-order valence-electron chi connectivity index (χ2n) is 4.83. The van der Waals surface area contributed by atoms with Gasteiger partial charge in [-0.2, -0.15) is 5.26 Å². The Morgan fingerprint density at radius 3 is 3.05 bits per heavy atom. The van der Waals surface area contributed by atoms with Crippen LogP contribution >= 0.6 is 0 Å². The molecule has 0 spiro atoms. The van der Waals surface area contributed by atoms with Crippen LogP contribution in [0.3, 0.4) is 0 Å². The Hall–Kier alpha value is -1.83. The zero-order chi connectivity index (χ0) is 14.2. The Morgan fingerprint density at radius 1 is 1.35 bits per heavy atom. The first-order chi connectivity index (χ1) is 9.85. The Balaban J connectivity index is 2.03. The normalized spacial score (nSPS) is 10.8. The molecule has 4 nitrogen and oxygen atoms in total. The number of unbranched alkanes of at least 4 members (excludes halogenated alkanes) is 1. The van der Waals surface area contributed by atoms with Crippen LogP contribution in [0.25, 0.3) is 10.9 Å². The number of hydrogen-bond donors (Lipinski definition) is 1. The Labute approximate surface area is 120 Å². The highest BCUT2D eigenvalue weighted by Crippen LogP contribution is 2.18. The number of rotatable bonds is 8. The van der Waals surface area contributed by atoms with Crippen molar-refractivity contribution in [2.45, 2.75) is 25.9 Å². The highest BCUT2D eigenvalue weighted by atomic mass is 16.5. The van der Waals surface area contributed by atoms with Crippen LogP contribution in [0, 0.1) is 11.3 Å². The molecule has 106 valence electrons. The van der Waals surface area contributed by atoms with Crippen LogP contribution in [0.5, 0.6) is 0 Å². The number of nitrogens with one attached hydrogen (secondary N) is 1. The van der Waals surface area contributed by atoms with Crippen LogP contribution in [0.1, 0.15) is 18.4 Å². The lowest BCUT2D eigenvalue weighted by Crippen LogP contribution is -2.18. The summed E-state index contributed by atoms with van der Waals surface area (Å²) in [6, 6.07) is 10.9. The van der Waals surface area contributed by atoms with Crippen LogP contribution in [0.4, 0.5) is 0 Å². The average molecular weight is 271 g/mol. The maximum Gasteiger partial charge on any atom is 0.0622 e. The van der Waals surface area contributed by atoms with Gasteiger partial charge in [0.1, 0.15) is 0 Å². The first-order valence-corrected chi connectivity index (χ1v) is 6.99. The van der Waals surface area contributed by atoms with E-state index >= 15 is 0 Å². The predicted octanol–water partition coefficient (Wildman–Crippen LogP) is 2.68. The lowest BCUT2D eigenvalue weighted by molar-refractivity contribution is 0.199. The van der Waals surface area contributed by atoms with E-state index in [0.717, 1.165) is 32.7 Å². The molecule has 0 fully saturated rings. The highest BCUT2D eigenvalue weighted by Gasteiger charge is 2.02. The molecule has 1 heterocycles. The average Bonchev–Trinajstić information content (AvgIpc) is 2.87. The summed E-state index contributed by atoms with van der Waals surface area (Å²) in [6.07, 6.45) is 3.61. The van der Waals surface area contributed by atoms with Crippen molar-refractivity contribution < 1.29 is 4.74 Å². The van der Waals surface area contributed by atoms with Gasteiger partial charge in [-0.15, -0.1) is 0 Å². The van der Waals surface area contributed by atoms with Crippen molar-refractivity contribution in [3.8, 4) is 6.07 Å². The van der Waals surface area contributed by atoms with Gasteiger partial charge in [0, 0.05) is 44.9 Å². The molecule has 20 heavy (non-hydrogen) atoms. The topological polar surface area (TPSA) is 50.0 Å². The van der Waals surface area contributed by atoms with Crippen molar-refractivity contribution in [2.75, 3.05) is 20.3 Å². The number of aryl methyl sites for hydroxylation is 1. The van der Waals surface area contributed by atoms with Crippen molar-refractivity contribution >= 4 is 10.9 Å². The van der Waals surface area contributed by atoms with Gasteiger partial charge >= 0.3 is 0 Å². The van der Waals surface area contributed by atoms with Gasteiger partial charge in [0.15, 0.2) is 0 Å². The monoisotopic (exact) mass is 271 g/mol. The summed E-state index contributed by atoms with van der Waals surface area (Å²) in [5.74, 6) is 0. The Morgan fingerprint density at radius 2 is 2.25 bits per heavy atom. The lowest BCUT2D eigenvalue weighted by Gasteiger charge is -2.07. The van der Waals surface area contributed by atoms with Crippen LogP contribution in [-0.4, -0.2) is 24.8 Å². The van der Waals surface area contributed by atoms with Crippen LogP contribution in [-0.2, 0) is 17.8 Å². The Kier molecular flexibility index (Phi) is 5.60. The molecule has 0 bridgehead atoms. The molecule has 0 amide bonds. The number of aromatic nitrogens is 1. The van der Waals surface area contributed by atoms with Gasteiger partial charge in [-0.25, -0.2) is 0 Å². The summed E-state index contributed by atoms with van der Waals surface area (Å²) in [5, 5.41) is 13.2. The number of fused-ring (bicyclic) bond motifs is 1. The zero-order valence-electron chi connectivity index (χ0n) is 11.9. The standard InChI is InChI=1S/C16H21N3O/c1-20-11-8-18-13-14-4-5-15-6-10-19(16(15)12-14)9-3-2-7-17/h4-6,10,12,18H,2-3,8-9,11,13H2,1H3. The summed E-state index contributed by atoms with van der Waals surface area (Å²) in [7, 11) is 1.71. The van der Waals surface area contributed by atoms with Gasteiger partial charge in [-0.3, -0.25) is 0 Å². The van der Waals surface area contributed by atoms with Gasteiger partial charge in [0.25, 0.3) is 0 Å². The first-order valence-electron chi connectivity index (χ1n) is 6.99. The number of methoxy groups -OCH3 is 1. The second-order valence-corrected chi connectivity index (χ2v) is 4.83. The van der Waals surface area contributed by atoms with E-state index in [-0.39, 0.29) is 0 Å². The van der Waals surface area contributed by atoms with Crippen molar-refractivity contribution in [1.82, 2.24) is 9.88 Å². The third-order valence-corrected chi connectivity index (χ3v) is 3.34. The zero-order valence-corrected chi connectivity index (χ0v) is 11.9. The quantitative estimate of drug-likeness (QED) is 0.751. The van der Waals surface area contributed by atoms with E-state index in [2.05, 4.69) is 46.4 Å². The van der Waals surface area contributed by atoms with E-state index in [1.807, 2.05) is 0 Å². The molecule has 4 heteroatoms. The number of benzene rings is 1. The van der Waals surface area contributed by atoms with E-state index < -0.39 is 0 Å². The van der Waals surface area contributed by atoms with Crippen molar-refractivity contribution in [2.24, 2.45) is 0 Å². The molecule has 1 aromatic heterocycles. The minimum absolute atomic E-state index is 0.609. The van der Waals surface area contributed by atoms with Crippen LogP contribution < -0.4 is 5.32 Å². The summed E-state index contributed by atoms with van der Waals surface area (Å²) in [5.41, 5.74) is 2.52. The first kappa shape index (κ1) is 14.6. The van der Waals surface area contributed by atoms with Gasteiger partial charge in [0.05, 0.1) is 12.7 Å². The second kappa shape index (κ2) is 7.68.